The maximum atomic E-state index is 12.8. The second-order valence-electron chi connectivity index (χ2n) is 6.83. The summed E-state index contributed by atoms with van der Waals surface area (Å²) in [4.78, 5) is 30.4. The molecule has 6 heteroatoms. The average Bonchev–Trinajstić information content (AvgIpc) is 2.98. The number of rotatable bonds is 7. The zero-order chi connectivity index (χ0) is 20.1. The molecule has 1 atom stereocenters. The van der Waals surface area contributed by atoms with E-state index in [1.807, 2.05) is 84.4 Å². The monoisotopic (exact) mass is 378 g/mol. The Morgan fingerprint density at radius 1 is 1.07 bits per heavy atom. The van der Waals surface area contributed by atoms with Gasteiger partial charge in [-0.1, -0.05) is 60.7 Å². The molecular formula is C22H26N4O2. The molecule has 6 nitrogen and oxygen atoms in total. The first kappa shape index (κ1) is 19.5. The highest BCUT2D eigenvalue weighted by Crippen LogP contribution is 2.32. The van der Waals surface area contributed by atoms with Gasteiger partial charge < -0.3 is 15.1 Å². The number of nitrogens with one attached hydrogen (secondary N) is 1. The minimum absolute atomic E-state index is 0.0688. The predicted molar refractivity (Wildman–Crippen MR) is 108 cm³/mol. The van der Waals surface area contributed by atoms with Crippen molar-refractivity contribution in [2.75, 3.05) is 14.1 Å². The van der Waals surface area contributed by atoms with Gasteiger partial charge in [-0.05, 0) is 18.1 Å². The van der Waals surface area contributed by atoms with E-state index in [1.54, 1.807) is 11.9 Å². The fraction of sp³-hybridized carbons (Fsp3) is 0.273. The van der Waals surface area contributed by atoms with Crippen molar-refractivity contribution in [3.63, 3.8) is 0 Å². The molecule has 0 bridgehead atoms. The Labute approximate surface area is 166 Å². The SMILES string of the molecule is CNC(=O)C1=C(N(C=O)Cc2ccccc2)N(C)C(C)N1Cc1ccccc1. The summed E-state index contributed by atoms with van der Waals surface area (Å²) in [5.41, 5.74) is 2.61. The van der Waals surface area contributed by atoms with Gasteiger partial charge in [0.05, 0.1) is 6.54 Å². The normalized spacial score (nSPS) is 16.3. The minimum Gasteiger partial charge on any atom is -0.354 e. The number of carbonyl (C=O) groups excluding carboxylic acids is 2. The molecule has 0 saturated heterocycles. The second kappa shape index (κ2) is 8.61. The molecule has 146 valence electrons. The lowest BCUT2D eigenvalue weighted by Gasteiger charge is -2.30. The van der Waals surface area contributed by atoms with Crippen LogP contribution in [0.4, 0.5) is 0 Å². The van der Waals surface area contributed by atoms with E-state index in [0.29, 0.717) is 24.6 Å². The Hall–Kier alpha value is -3.28. The largest absolute Gasteiger partial charge is 0.354 e. The van der Waals surface area contributed by atoms with Crippen LogP contribution in [-0.4, -0.2) is 47.3 Å². The number of carbonyl (C=O) groups is 2. The van der Waals surface area contributed by atoms with E-state index in [0.717, 1.165) is 17.5 Å². The van der Waals surface area contributed by atoms with Crippen LogP contribution in [0.15, 0.2) is 72.2 Å². The van der Waals surface area contributed by atoms with Crippen LogP contribution in [0.2, 0.25) is 0 Å². The van der Waals surface area contributed by atoms with Gasteiger partial charge in [0.2, 0.25) is 6.41 Å². The van der Waals surface area contributed by atoms with E-state index in [2.05, 4.69) is 5.32 Å². The summed E-state index contributed by atoms with van der Waals surface area (Å²) in [5.74, 6) is 0.406. The van der Waals surface area contributed by atoms with Crippen molar-refractivity contribution in [1.82, 2.24) is 20.0 Å². The molecule has 1 heterocycles. The number of benzene rings is 2. The van der Waals surface area contributed by atoms with Crippen LogP contribution >= 0.6 is 0 Å². The van der Waals surface area contributed by atoms with Crippen molar-refractivity contribution in [3.05, 3.63) is 83.3 Å². The van der Waals surface area contributed by atoms with Crippen molar-refractivity contribution < 1.29 is 9.59 Å². The summed E-state index contributed by atoms with van der Waals surface area (Å²) < 4.78 is 0. The first-order valence-electron chi connectivity index (χ1n) is 9.32. The maximum absolute atomic E-state index is 12.8. The van der Waals surface area contributed by atoms with E-state index >= 15 is 0 Å². The van der Waals surface area contributed by atoms with Crippen molar-refractivity contribution in [2.24, 2.45) is 0 Å². The van der Waals surface area contributed by atoms with Crippen molar-refractivity contribution in [3.8, 4) is 0 Å². The van der Waals surface area contributed by atoms with E-state index in [9.17, 15) is 9.59 Å². The van der Waals surface area contributed by atoms with Crippen molar-refractivity contribution >= 4 is 12.3 Å². The van der Waals surface area contributed by atoms with E-state index in [-0.39, 0.29) is 12.1 Å². The number of likely N-dealkylation sites (N-methyl/N-ethyl adjacent to an activating group) is 1. The van der Waals surface area contributed by atoms with Crippen LogP contribution in [0.25, 0.3) is 0 Å². The molecule has 28 heavy (non-hydrogen) atoms. The van der Waals surface area contributed by atoms with Gasteiger partial charge in [0.1, 0.15) is 17.7 Å². The molecule has 0 fully saturated rings. The third kappa shape index (κ3) is 3.86. The topological polar surface area (TPSA) is 55.9 Å². The first-order chi connectivity index (χ1) is 13.6. The van der Waals surface area contributed by atoms with Crippen LogP contribution in [0.5, 0.6) is 0 Å². The highest BCUT2D eigenvalue weighted by molar-refractivity contribution is 5.94. The molecule has 0 aromatic heterocycles. The highest BCUT2D eigenvalue weighted by Gasteiger charge is 2.39. The van der Waals surface area contributed by atoms with Gasteiger partial charge in [0.15, 0.2) is 0 Å². The van der Waals surface area contributed by atoms with Gasteiger partial charge in [0, 0.05) is 20.6 Å². The fourth-order valence-electron chi connectivity index (χ4n) is 3.49. The number of hydrogen-bond acceptors (Lipinski definition) is 4. The summed E-state index contributed by atoms with van der Waals surface area (Å²) in [7, 11) is 3.52. The summed E-state index contributed by atoms with van der Waals surface area (Å²) >= 11 is 0. The molecule has 0 radical (unpaired) electrons. The Morgan fingerprint density at radius 2 is 1.64 bits per heavy atom. The molecule has 2 amide bonds. The van der Waals surface area contributed by atoms with Gasteiger partial charge in [0.25, 0.3) is 5.91 Å². The third-order valence-corrected chi connectivity index (χ3v) is 5.08. The lowest BCUT2D eigenvalue weighted by molar-refractivity contribution is -0.119. The number of nitrogens with zero attached hydrogens (tertiary/aromatic N) is 3. The Kier molecular flexibility index (Phi) is 5.99. The molecule has 3 rings (SSSR count). The summed E-state index contributed by atoms with van der Waals surface area (Å²) in [6.07, 6.45) is 0.723. The molecule has 1 aliphatic rings. The van der Waals surface area contributed by atoms with Crippen LogP contribution in [0.1, 0.15) is 18.1 Å². The quantitative estimate of drug-likeness (QED) is 0.752. The van der Waals surface area contributed by atoms with Crippen LogP contribution in [0.3, 0.4) is 0 Å². The van der Waals surface area contributed by atoms with Crippen LogP contribution in [0, 0.1) is 0 Å². The van der Waals surface area contributed by atoms with Gasteiger partial charge in [-0.2, -0.15) is 0 Å². The van der Waals surface area contributed by atoms with Gasteiger partial charge in [-0.3, -0.25) is 14.5 Å². The zero-order valence-electron chi connectivity index (χ0n) is 16.5. The molecule has 0 spiro atoms. The van der Waals surface area contributed by atoms with Gasteiger partial charge >= 0.3 is 0 Å². The van der Waals surface area contributed by atoms with E-state index in [4.69, 9.17) is 0 Å². The third-order valence-electron chi connectivity index (χ3n) is 5.08. The van der Waals surface area contributed by atoms with E-state index < -0.39 is 0 Å². The smallest absolute Gasteiger partial charge is 0.271 e. The average molecular weight is 378 g/mol. The molecule has 1 N–H and O–H groups in total. The van der Waals surface area contributed by atoms with Gasteiger partial charge in [-0.15, -0.1) is 0 Å². The molecular weight excluding hydrogens is 352 g/mol. The minimum atomic E-state index is -0.206. The lowest BCUT2D eigenvalue weighted by Crippen LogP contribution is -2.38. The Morgan fingerprint density at radius 3 is 2.18 bits per heavy atom. The number of amides is 2. The van der Waals surface area contributed by atoms with Crippen molar-refractivity contribution in [1.29, 1.82) is 0 Å². The molecule has 1 unspecified atom stereocenters. The Bertz CT molecular complexity index is 851. The first-order valence-corrected chi connectivity index (χ1v) is 9.32. The second-order valence-corrected chi connectivity index (χ2v) is 6.83. The molecule has 1 aliphatic heterocycles. The summed E-state index contributed by atoms with van der Waals surface area (Å²) in [6, 6.07) is 19.8. The maximum Gasteiger partial charge on any atom is 0.271 e. The van der Waals surface area contributed by atoms with Crippen LogP contribution in [-0.2, 0) is 22.7 Å². The lowest BCUT2D eigenvalue weighted by atomic mass is 10.2. The van der Waals surface area contributed by atoms with Crippen molar-refractivity contribution in [2.45, 2.75) is 26.2 Å². The highest BCUT2D eigenvalue weighted by atomic mass is 16.2. The molecule has 2 aromatic rings. The van der Waals surface area contributed by atoms with Gasteiger partial charge in [-0.25, -0.2) is 0 Å². The predicted octanol–water partition coefficient (Wildman–Crippen LogP) is 2.35. The fourth-order valence-corrected chi connectivity index (χ4v) is 3.49. The molecule has 2 aromatic carbocycles. The summed E-state index contributed by atoms with van der Waals surface area (Å²) in [5, 5.41) is 2.73. The van der Waals surface area contributed by atoms with Crippen LogP contribution < -0.4 is 5.32 Å². The standard InChI is InChI=1S/C22H26N4O2/c1-17-24(3)22(25(16-27)14-18-10-6-4-7-11-18)20(21(28)23-2)26(17)15-19-12-8-5-9-13-19/h4-13,16-17H,14-15H2,1-3H3,(H,23,28). The zero-order valence-corrected chi connectivity index (χ0v) is 16.5. The number of hydrogen-bond donors (Lipinski definition) is 1. The molecule has 0 aliphatic carbocycles. The van der Waals surface area contributed by atoms with E-state index in [1.165, 1.54) is 0 Å². The Balaban J connectivity index is 2.00. The summed E-state index contributed by atoms with van der Waals surface area (Å²) in [6.45, 7) is 3.01. The molecule has 0 saturated carbocycles.